The summed E-state index contributed by atoms with van der Waals surface area (Å²) in [6.07, 6.45) is 3.38. The Bertz CT molecular complexity index is 637. The molecule has 3 nitrogen and oxygen atoms in total. The number of para-hydroxylation sites is 1. The third kappa shape index (κ3) is 2.41. The third-order valence-corrected chi connectivity index (χ3v) is 3.63. The largest absolute Gasteiger partial charge is 0.466 e. The van der Waals surface area contributed by atoms with Crippen molar-refractivity contribution in [1.29, 1.82) is 0 Å². The fourth-order valence-corrected chi connectivity index (χ4v) is 2.51. The molecule has 0 saturated heterocycles. The number of hydrogen-bond donors (Lipinski definition) is 0. The van der Waals surface area contributed by atoms with Gasteiger partial charge >= 0.3 is 5.97 Å². The monoisotopic (exact) mass is 257 g/mol. The van der Waals surface area contributed by atoms with Crippen LogP contribution in [0.2, 0.25) is 0 Å². The maximum Gasteiger partial charge on any atom is 0.330 e. The minimum Gasteiger partial charge on any atom is -0.466 e. The summed E-state index contributed by atoms with van der Waals surface area (Å²) in [7, 11) is 3.46. The van der Waals surface area contributed by atoms with Gasteiger partial charge in [-0.05, 0) is 18.6 Å². The number of benzene rings is 1. The van der Waals surface area contributed by atoms with Gasteiger partial charge in [-0.3, -0.25) is 0 Å². The predicted molar refractivity (Wildman–Crippen MR) is 77.2 cm³/mol. The van der Waals surface area contributed by atoms with Gasteiger partial charge in [0.2, 0.25) is 0 Å². The van der Waals surface area contributed by atoms with E-state index in [-0.39, 0.29) is 11.9 Å². The molecule has 1 heterocycles. The fraction of sp³-hybridized carbons (Fsp3) is 0.312. The molecule has 0 saturated carbocycles. The highest BCUT2D eigenvalue weighted by Gasteiger charge is 2.15. The number of ether oxygens (including phenoxy) is 1. The first kappa shape index (κ1) is 13.4. The average molecular weight is 257 g/mol. The van der Waals surface area contributed by atoms with Gasteiger partial charge in [-0.25, -0.2) is 4.79 Å². The molecule has 3 heteroatoms. The molecule has 0 fully saturated rings. The molecular weight excluding hydrogens is 238 g/mol. The molecule has 0 spiro atoms. The van der Waals surface area contributed by atoms with E-state index in [4.69, 9.17) is 0 Å². The molecule has 0 radical (unpaired) electrons. The highest BCUT2D eigenvalue weighted by atomic mass is 16.5. The van der Waals surface area contributed by atoms with Crippen molar-refractivity contribution in [2.45, 2.75) is 19.8 Å². The van der Waals surface area contributed by atoms with E-state index in [0.29, 0.717) is 0 Å². The maximum atomic E-state index is 11.2. The zero-order valence-corrected chi connectivity index (χ0v) is 11.8. The summed E-state index contributed by atoms with van der Waals surface area (Å²) in [6, 6.07) is 8.32. The van der Waals surface area contributed by atoms with Crippen molar-refractivity contribution in [2.75, 3.05) is 7.11 Å². The predicted octanol–water partition coefficient (Wildman–Crippen LogP) is 3.32. The summed E-state index contributed by atoms with van der Waals surface area (Å²) < 4.78 is 6.82. The molecule has 1 aromatic carbocycles. The van der Waals surface area contributed by atoms with Crippen LogP contribution in [-0.2, 0) is 16.6 Å². The first-order valence-electron chi connectivity index (χ1n) is 6.36. The molecule has 2 aromatic rings. The number of esters is 1. The van der Waals surface area contributed by atoms with Crippen LogP contribution in [0.15, 0.2) is 36.4 Å². The second kappa shape index (κ2) is 5.31. The molecule has 0 aliphatic carbocycles. The van der Waals surface area contributed by atoms with Crippen molar-refractivity contribution in [3.8, 4) is 0 Å². The lowest BCUT2D eigenvalue weighted by molar-refractivity contribution is -0.134. The van der Waals surface area contributed by atoms with Gasteiger partial charge in [-0.15, -0.1) is 0 Å². The highest BCUT2D eigenvalue weighted by Crippen LogP contribution is 2.31. The second-order valence-electron chi connectivity index (χ2n) is 4.75. The average Bonchev–Trinajstić information content (AvgIpc) is 2.68. The molecule has 19 heavy (non-hydrogen) atoms. The van der Waals surface area contributed by atoms with Crippen LogP contribution >= 0.6 is 0 Å². The van der Waals surface area contributed by atoms with Crippen LogP contribution in [0.3, 0.4) is 0 Å². The third-order valence-electron chi connectivity index (χ3n) is 3.63. The quantitative estimate of drug-likeness (QED) is 0.624. The van der Waals surface area contributed by atoms with Gasteiger partial charge in [0.25, 0.3) is 0 Å². The first-order chi connectivity index (χ1) is 9.06. The Labute approximate surface area is 113 Å². The Morgan fingerprint density at radius 3 is 2.74 bits per heavy atom. The van der Waals surface area contributed by atoms with Gasteiger partial charge < -0.3 is 9.30 Å². The summed E-state index contributed by atoms with van der Waals surface area (Å²) in [4.78, 5) is 11.2. The summed E-state index contributed by atoms with van der Waals surface area (Å²) in [5.41, 5.74) is 3.70. The molecule has 2 rings (SSSR count). The number of carbonyl (C=O) groups excluding carboxylic acids is 1. The molecule has 100 valence electrons. The maximum absolute atomic E-state index is 11.2. The van der Waals surface area contributed by atoms with Gasteiger partial charge in [0.1, 0.15) is 0 Å². The van der Waals surface area contributed by atoms with E-state index in [1.165, 1.54) is 35.3 Å². The van der Waals surface area contributed by atoms with Gasteiger partial charge in [0.15, 0.2) is 0 Å². The van der Waals surface area contributed by atoms with Gasteiger partial charge in [0.05, 0.1) is 7.11 Å². The lowest BCUT2D eigenvalue weighted by atomic mass is 9.97. The lowest BCUT2D eigenvalue weighted by Crippen LogP contribution is -1.98. The normalized spacial score (nSPS) is 13.1. The Hall–Kier alpha value is -2.03. The molecule has 1 aromatic heterocycles. The van der Waals surface area contributed by atoms with Gasteiger partial charge in [-0.2, -0.15) is 0 Å². The van der Waals surface area contributed by atoms with Crippen molar-refractivity contribution >= 4 is 16.9 Å². The minimum atomic E-state index is -0.315. The highest BCUT2D eigenvalue weighted by molar-refractivity contribution is 5.87. The van der Waals surface area contributed by atoms with Crippen LogP contribution in [0.4, 0.5) is 0 Å². The van der Waals surface area contributed by atoms with E-state index in [1.807, 2.05) is 18.2 Å². The van der Waals surface area contributed by atoms with Crippen LogP contribution in [0.25, 0.3) is 10.9 Å². The smallest absolute Gasteiger partial charge is 0.330 e. The Kier molecular flexibility index (Phi) is 3.74. The zero-order chi connectivity index (χ0) is 14.0. The van der Waals surface area contributed by atoms with Crippen molar-refractivity contribution in [3.63, 3.8) is 0 Å². The van der Waals surface area contributed by atoms with Crippen LogP contribution < -0.4 is 0 Å². The molecular formula is C16H19NO2. The summed E-state index contributed by atoms with van der Waals surface area (Å²) in [6.45, 7) is 4.20. The van der Waals surface area contributed by atoms with Gasteiger partial charge in [-0.1, -0.05) is 31.2 Å². The van der Waals surface area contributed by atoms with E-state index in [0.717, 1.165) is 0 Å². The Morgan fingerprint density at radius 2 is 2.05 bits per heavy atom. The number of aromatic nitrogens is 1. The summed E-state index contributed by atoms with van der Waals surface area (Å²) in [5.74, 6) is -0.144. The summed E-state index contributed by atoms with van der Waals surface area (Å²) >= 11 is 0. The fourth-order valence-electron chi connectivity index (χ4n) is 2.51. The van der Waals surface area contributed by atoms with E-state index < -0.39 is 0 Å². The molecule has 0 bridgehead atoms. The number of aryl methyl sites for hydroxylation is 1. The summed E-state index contributed by atoms with van der Waals surface area (Å²) in [5, 5.41) is 1.24. The van der Waals surface area contributed by atoms with Crippen LogP contribution in [0.1, 0.15) is 24.1 Å². The standard InChI is InChI=1S/C16H19NO2/c1-11(9-10-15(18)19-4)16-12(2)17(3)14-8-6-5-7-13(14)16/h5-11H,1-4H3/b10-9-/t11-/m0/s1. The van der Waals surface area contributed by atoms with Crippen LogP contribution in [0.5, 0.6) is 0 Å². The Morgan fingerprint density at radius 1 is 1.37 bits per heavy atom. The number of nitrogens with zero attached hydrogens (tertiary/aromatic N) is 1. The number of rotatable bonds is 3. The number of fused-ring (bicyclic) bond motifs is 1. The van der Waals surface area contributed by atoms with Crippen molar-refractivity contribution < 1.29 is 9.53 Å². The van der Waals surface area contributed by atoms with E-state index >= 15 is 0 Å². The van der Waals surface area contributed by atoms with Crippen LogP contribution in [0, 0.1) is 6.92 Å². The van der Waals surface area contributed by atoms with E-state index in [1.54, 1.807) is 0 Å². The van der Waals surface area contributed by atoms with Gasteiger partial charge in [0, 0.05) is 35.6 Å². The number of methoxy groups -OCH3 is 1. The molecule has 1 atom stereocenters. The molecule has 0 aliphatic heterocycles. The van der Waals surface area contributed by atoms with Crippen molar-refractivity contribution in [1.82, 2.24) is 4.57 Å². The van der Waals surface area contributed by atoms with E-state index in [9.17, 15) is 4.79 Å². The molecule has 0 N–H and O–H groups in total. The van der Waals surface area contributed by atoms with Crippen molar-refractivity contribution in [2.24, 2.45) is 7.05 Å². The minimum absolute atomic E-state index is 0.171. The Balaban J connectivity index is 2.47. The van der Waals surface area contributed by atoms with E-state index in [2.05, 4.69) is 42.3 Å². The molecule has 0 unspecified atom stereocenters. The first-order valence-corrected chi connectivity index (χ1v) is 6.36. The number of hydrogen-bond acceptors (Lipinski definition) is 2. The SMILES string of the molecule is COC(=O)/C=C\[C@H](C)c1c(C)n(C)c2ccccc12. The lowest BCUT2D eigenvalue weighted by Gasteiger charge is -2.07. The molecule has 0 amide bonds. The second-order valence-corrected chi connectivity index (χ2v) is 4.75. The number of carbonyl (C=O) groups is 1. The topological polar surface area (TPSA) is 31.2 Å². The molecule has 0 aliphatic rings. The number of allylic oxidation sites excluding steroid dienone is 1. The van der Waals surface area contributed by atoms with Crippen LogP contribution in [-0.4, -0.2) is 17.6 Å². The van der Waals surface area contributed by atoms with Crippen molar-refractivity contribution in [3.05, 3.63) is 47.7 Å². The zero-order valence-electron chi connectivity index (χ0n) is 11.8.